The van der Waals surface area contributed by atoms with Gasteiger partial charge in [-0.25, -0.2) is 14.0 Å². The molecule has 1 aliphatic carbocycles. The zero-order valence-electron chi connectivity index (χ0n) is 28.3. The highest BCUT2D eigenvalue weighted by molar-refractivity contribution is 5.88. The number of fused-ring (bicyclic) bond motifs is 1. The molecule has 0 aromatic carbocycles. The molecule has 45 heavy (non-hydrogen) atoms. The van der Waals surface area contributed by atoms with Gasteiger partial charge < -0.3 is 19.1 Å². The lowest BCUT2D eigenvalue weighted by molar-refractivity contribution is 0.0200. The van der Waals surface area contributed by atoms with Crippen LogP contribution >= 0.6 is 0 Å². The number of anilines is 1. The van der Waals surface area contributed by atoms with Gasteiger partial charge in [0.15, 0.2) is 5.65 Å². The molecule has 0 N–H and O–H groups in total. The molecule has 250 valence electrons. The molecule has 2 saturated heterocycles. The van der Waals surface area contributed by atoms with E-state index < -0.39 is 23.0 Å². The van der Waals surface area contributed by atoms with E-state index in [1.165, 1.54) is 0 Å². The van der Waals surface area contributed by atoms with Crippen LogP contribution in [0.1, 0.15) is 105 Å². The van der Waals surface area contributed by atoms with Crippen LogP contribution in [0.25, 0.3) is 5.65 Å². The predicted octanol–water partition coefficient (Wildman–Crippen LogP) is 6.34. The van der Waals surface area contributed by atoms with E-state index in [4.69, 9.17) is 19.2 Å². The van der Waals surface area contributed by atoms with Crippen LogP contribution in [0.15, 0.2) is 12.3 Å². The molecular formula is C33H51FN6O5. The lowest BCUT2D eigenvalue weighted by Crippen LogP contribution is -2.51. The first-order valence-electron chi connectivity index (χ1n) is 16.5. The largest absolute Gasteiger partial charge is 0.473 e. The summed E-state index contributed by atoms with van der Waals surface area (Å²) >= 11 is 0. The zero-order valence-corrected chi connectivity index (χ0v) is 28.3. The van der Waals surface area contributed by atoms with Crippen molar-refractivity contribution in [2.75, 3.05) is 37.6 Å². The number of ether oxygens (including phenoxy) is 3. The number of hydrogen-bond donors (Lipinski definition) is 0. The lowest BCUT2D eigenvalue weighted by Gasteiger charge is -2.39. The first-order chi connectivity index (χ1) is 21.0. The van der Waals surface area contributed by atoms with Crippen LogP contribution in [0.4, 0.5) is 19.8 Å². The molecule has 2 aliphatic heterocycles. The van der Waals surface area contributed by atoms with Crippen molar-refractivity contribution in [1.29, 1.82) is 0 Å². The minimum absolute atomic E-state index is 0.134. The number of halogens is 1. The summed E-state index contributed by atoms with van der Waals surface area (Å²) in [5.41, 5.74) is -0.825. The average Bonchev–Trinajstić information content (AvgIpc) is 3.47. The number of amides is 2. The summed E-state index contributed by atoms with van der Waals surface area (Å²) in [4.78, 5) is 37.2. The van der Waals surface area contributed by atoms with Gasteiger partial charge in [0.2, 0.25) is 5.88 Å². The van der Waals surface area contributed by atoms with E-state index in [0.717, 1.165) is 24.9 Å². The molecule has 4 heterocycles. The van der Waals surface area contributed by atoms with E-state index in [1.807, 2.05) is 41.5 Å². The summed E-state index contributed by atoms with van der Waals surface area (Å²) in [5.74, 6) is 1.03. The van der Waals surface area contributed by atoms with E-state index in [2.05, 4.69) is 23.8 Å². The molecule has 2 aromatic rings. The second-order valence-corrected chi connectivity index (χ2v) is 15.3. The number of carbonyl (C=O) groups excluding carboxylic acids is 2. The zero-order chi connectivity index (χ0) is 32.7. The Kier molecular flexibility index (Phi) is 9.28. The van der Waals surface area contributed by atoms with Crippen molar-refractivity contribution in [2.24, 2.45) is 0 Å². The number of piperidine rings is 2. The number of aromatic nitrogens is 3. The maximum Gasteiger partial charge on any atom is 0.416 e. The summed E-state index contributed by atoms with van der Waals surface area (Å²) in [7, 11) is 0. The van der Waals surface area contributed by atoms with Gasteiger partial charge in [0.05, 0.1) is 6.20 Å². The Morgan fingerprint density at radius 3 is 2.31 bits per heavy atom. The summed E-state index contributed by atoms with van der Waals surface area (Å²) in [6.45, 7) is 18.0. The second kappa shape index (κ2) is 12.6. The van der Waals surface area contributed by atoms with Crippen LogP contribution in [0.2, 0.25) is 0 Å². The Morgan fingerprint density at radius 1 is 1.04 bits per heavy atom. The third-order valence-corrected chi connectivity index (χ3v) is 8.45. The van der Waals surface area contributed by atoms with Crippen molar-refractivity contribution in [3.63, 3.8) is 0 Å². The number of carbonyl (C=O) groups is 2. The van der Waals surface area contributed by atoms with Crippen LogP contribution in [0.3, 0.4) is 0 Å². The quantitative estimate of drug-likeness (QED) is 0.349. The van der Waals surface area contributed by atoms with Crippen LogP contribution in [-0.4, -0.2) is 98.3 Å². The molecule has 0 bridgehead atoms. The topological polar surface area (TPSA) is 102 Å². The summed E-state index contributed by atoms with van der Waals surface area (Å²) in [5, 5.41) is 4.68. The Balaban J connectivity index is 1.46. The fourth-order valence-corrected chi connectivity index (χ4v) is 6.07. The van der Waals surface area contributed by atoms with E-state index >= 15 is 0 Å². The number of rotatable bonds is 7. The Morgan fingerprint density at radius 2 is 1.71 bits per heavy atom. The van der Waals surface area contributed by atoms with Gasteiger partial charge in [-0.05, 0) is 92.5 Å². The van der Waals surface area contributed by atoms with E-state index in [-0.39, 0.29) is 24.2 Å². The molecule has 0 spiro atoms. The lowest BCUT2D eigenvalue weighted by atomic mass is 10.0. The van der Waals surface area contributed by atoms with E-state index in [9.17, 15) is 14.0 Å². The summed E-state index contributed by atoms with van der Waals surface area (Å²) in [6.07, 6.45) is 4.85. The van der Waals surface area contributed by atoms with E-state index in [0.29, 0.717) is 69.2 Å². The van der Waals surface area contributed by atoms with Gasteiger partial charge in [0.1, 0.15) is 28.8 Å². The van der Waals surface area contributed by atoms with Crippen LogP contribution < -0.4 is 9.64 Å². The maximum absolute atomic E-state index is 14.6. The standard InChI is InChI=1S/C33H51FN6O5/c1-22(2)25-19-35-40-27(18-26(36-28(25)40)43-24-10-9-15-37(20-24)21-33(34)13-14-33)39(30(42)45-32(6,7)8)23-11-16-38(17-12-23)29(41)44-31(3,4)5/h18-19,22-24H,9-17,20-21H2,1-8H3/t24-/m1/s1. The van der Waals surface area contributed by atoms with Crippen molar-refractivity contribution in [3.05, 3.63) is 17.8 Å². The molecule has 3 aliphatic rings. The molecule has 2 amide bonds. The highest BCUT2D eigenvalue weighted by atomic mass is 19.1. The Labute approximate surface area is 266 Å². The fraction of sp³-hybridized carbons (Fsp3) is 0.758. The monoisotopic (exact) mass is 630 g/mol. The number of nitrogens with zero attached hydrogens (tertiary/aromatic N) is 6. The van der Waals surface area contributed by atoms with Crippen LogP contribution in [0.5, 0.6) is 5.88 Å². The molecule has 3 fully saturated rings. The number of hydrogen-bond acceptors (Lipinski definition) is 8. The number of alkyl halides is 1. The smallest absolute Gasteiger partial charge is 0.416 e. The average molecular weight is 631 g/mol. The second-order valence-electron chi connectivity index (χ2n) is 15.3. The third-order valence-electron chi connectivity index (χ3n) is 8.45. The van der Waals surface area contributed by atoms with Crippen molar-refractivity contribution >= 4 is 23.7 Å². The van der Waals surface area contributed by atoms with Crippen molar-refractivity contribution in [2.45, 2.75) is 129 Å². The minimum atomic E-state index is -1.05. The molecule has 1 saturated carbocycles. The molecule has 1 atom stereocenters. The van der Waals surface area contributed by atoms with Crippen molar-refractivity contribution < 1.29 is 28.2 Å². The number of likely N-dealkylation sites (tertiary alicyclic amines) is 2. The molecule has 2 aromatic heterocycles. The third kappa shape index (κ3) is 8.37. The van der Waals surface area contributed by atoms with Crippen LogP contribution in [-0.2, 0) is 9.47 Å². The van der Waals surface area contributed by atoms with E-state index in [1.54, 1.807) is 26.6 Å². The fourth-order valence-electron chi connectivity index (χ4n) is 6.07. The van der Waals surface area contributed by atoms with Gasteiger partial charge in [-0.3, -0.25) is 9.80 Å². The van der Waals surface area contributed by atoms with Crippen LogP contribution in [0, 0.1) is 0 Å². The SMILES string of the molecule is CC(C)c1cnn2c(N(C(=O)OC(C)(C)C)C3CCN(C(=O)OC(C)(C)C)CC3)cc(O[C@@H]3CCCN(CC4(F)CC4)C3)nc12. The van der Waals surface area contributed by atoms with Gasteiger partial charge in [-0.1, -0.05) is 13.8 Å². The molecule has 0 radical (unpaired) electrons. The maximum atomic E-state index is 14.6. The minimum Gasteiger partial charge on any atom is -0.473 e. The highest BCUT2D eigenvalue weighted by Gasteiger charge is 2.45. The summed E-state index contributed by atoms with van der Waals surface area (Å²) in [6, 6.07) is 1.50. The first-order valence-corrected chi connectivity index (χ1v) is 16.5. The molecule has 11 nitrogen and oxygen atoms in total. The Hall–Kier alpha value is -3.15. The molecule has 5 rings (SSSR count). The predicted molar refractivity (Wildman–Crippen MR) is 170 cm³/mol. The molecular weight excluding hydrogens is 579 g/mol. The first kappa shape index (κ1) is 33.2. The highest BCUT2D eigenvalue weighted by Crippen LogP contribution is 2.41. The molecule has 12 heteroatoms. The van der Waals surface area contributed by atoms with Crippen molar-refractivity contribution in [1.82, 2.24) is 24.4 Å². The van der Waals surface area contributed by atoms with Gasteiger partial charge in [-0.15, -0.1) is 0 Å². The normalized spacial score (nSPS) is 21.2. The van der Waals surface area contributed by atoms with Gasteiger partial charge in [-0.2, -0.15) is 14.6 Å². The summed E-state index contributed by atoms with van der Waals surface area (Å²) < 4.78 is 34.3. The molecule has 0 unspecified atom stereocenters. The Bertz CT molecular complexity index is 1370. The van der Waals surface area contributed by atoms with Gasteiger partial charge in [0, 0.05) is 43.9 Å². The van der Waals surface area contributed by atoms with Gasteiger partial charge >= 0.3 is 12.2 Å². The van der Waals surface area contributed by atoms with Gasteiger partial charge in [0.25, 0.3) is 0 Å². The van der Waals surface area contributed by atoms with Crippen molar-refractivity contribution in [3.8, 4) is 5.88 Å².